The lowest BCUT2D eigenvalue weighted by atomic mass is 9.78. The van der Waals surface area contributed by atoms with E-state index < -0.39 is 11.6 Å². The third-order valence-corrected chi connectivity index (χ3v) is 4.09. The van der Waals surface area contributed by atoms with Crippen molar-refractivity contribution in [1.29, 1.82) is 0 Å². The molecule has 0 radical (unpaired) electrons. The Kier molecular flexibility index (Phi) is 6.12. The van der Waals surface area contributed by atoms with Crippen LogP contribution in [0, 0.1) is 23.0 Å². The van der Waals surface area contributed by atoms with Gasteiger partial charge in [-0.25, -0.2) is 8.78 Å². The van der Waals surface area contributed by atoms with Crippen LogP contribution >= 0.6 is 0 Å². The second-order valence-corrected chi connectivity index (χ2v) is 6.70. The maximum absolute atomic E-state index is 13.8. The predicted molar refractivity (Wildman–Crippen MR) is 80.8 cm³/mol. The molecule has 0 aliphatic carbocycles. The Balaban J connectivity index is 2.76. The van der Waals surface area contributed by atoms with Gasteiger partial charge in [-0.05, 0) is 42.3 Å². The molecule has 3 heteroatoms. The van der Waals surface area contributed by atoms with Gasteiger partial charge in [0.25, 0.3) is 0 Å². The van der Waals surface area contributed by atoms with Crippen LogP contribution in [0.3, 0.4) is 0 Å². The maximum Gasteiger partial charge on any atom is 0.129 e. The fourth-order valence-electron chi connectivity index (χ4n) is 2.26. The highest BCUT2D eigenvalue weighted by atomic mass is 19.1. The summed E-state index contributed by atoms with van der Waals surface area (Å²) >= 11 is 0. The minimum atomic E-state index is -0.519. The van der Waals surface area contributed by atoms with Crippen LogP contribution in [0.4, 0.5) is 8.78 Å². The van der Waals surface area contributed by atoms with Crippen molar-refractivity contribution in [2.45, 2.75) is 53.5 Å². The molecule has 0 aliphatic heterocycles. The molecule has 0 bridgehead atoms. The Morgan fingerprint density at radius 3 is 2.35 bits per heavy atom. The lowest BCUT2D eigenvalue weighted by Gasteiger charge is -2.31. The number of benzene rings is 1. The molecule has 0 spiro atoms. The summed E-state index contributed by atoms with van der Waals surface area (Å²) in [6, 6.07) is 4.06. The molecule has 114 valence electrons. The summed E-state index contributed by atoms with van der Waals surface area (Å²) in [5, 5.41) is 3.42. The van der Waals surface area contributed by atoms with E-state index in [1.165, 1.54) is 6.07 Å². The van der Waals surface area contributed by atoms with E-state index in [1.54, 1.807) is 6.07 Å². The zero-order valence-corrected chi connectivity index (χ0v) is 13.3. The molecule has 1 rings (SSSR count). The van der Waals surface area contributed by atoms with E-state index in [4.69, 9.17) is 0 Å². The topological polar surface area (TPSA) is 12.0 Å². The average molecular weight is 283 g/mol. The van der Waals surface area contributed by atoms with E-state index in [0.717, 1.165) is 19.0 Å². The van der Waals surface area contributed by atoms with Crippen LogP contribution in [0.2, 0.25) is 0 Å². The van der Waals surface area contributed by atoms with Gasteiger partial charge in [0, 0.05) is 12.1 Å². The fraction of sp³-hybridized carbons (Fsp3) is 0.647. The van der Waals surface area contributed by atoms with Crippen molar-refractivity contribution < 1.29 is 8.78 Å². The molecule has 1 aromatic rings. The van der Waals surface area contributed by atoms with E-state index in [9.17, 15) is 8.78 Å². The molecule has 1 aromatic carbocycles. The van der Waals surface area contributed by atoms with Crippen LogP contribution in [-0.4, -0.2) is 12.6 Å². The highest BCUT2D eigenvalue weighted by Crippen LogP contribution is 2.29. The van der Waals surface area contributed by atoms with Crippen molar-refractivity contribution >= 4 is 0 Å². The quantitative estimate of drug-likeness (QED) is 0.807. The number of rotatable bonds is 6. The summed E-state index contributed by atoms with van der Waals surface area (Å²) in [5.41, 5.74) is 0.813. The van der Waals surface area contributed by atoms with Gasteiger partial charge in [-0.2, -0.15) is 0 Å². The van der Waals surface area contributed by atoms with Crippen LogP contribution in [0.1, 0.15) is 46.6 Å². The Hall–Kier alpha value is -0.960. The van der Waals surface area contributed by atoms with Crippen LogP contribution in [0.15, 0.2) is 18.2 Å². The molecule has 2 unspecified atom stereocenters. The highest BCUT2D eigenvalue weighted by Gasteiger charge is 2.24. The standard InChI is InChI=1S/C17H27F2N/c1-6-20-15(9-12(2)17(3,4)5)10-13-7-8-14(18)11-16(13)19/h7-8,11-12,15,20H,6,9-10H2,1-5H3. The van der Waals surface area contributed by atoms with Gasteiger partial charge in [-0.3, -0.25) is 0 Å². The van der Waals surface area contributed by atoms with Gasteiger partial charge in [-0.1, -0.05) is 40.7 Å². The van der Waals surface area contributed by atoms with E-state index in [-0.39, 0.29) is 11.5 Å². The SMILES string of the molecule is CCNC(Cc1ccc(F)cc1F)CC(C)C(C)(C)C. The van der Waals surface area contributed by atoms with Crippen LogP contribution < -0.4 is 5.32 Å². The maximum atomic E-state index is 13.8. The second-order valence-electron chi connectivity index (χ2n) is 6.70. The van der Waals surface area contributed by atoms with Crippen molar-refractivity contribution in [3.63, 3.8) is 0 Å². The first kappa shape index (κ1) is 17.1. The first-order valence-corrected chi connectivity index (χ1v) is 7.41. The number of hydrogen-bond donors (Lipinski definition) is 1. The third-order valence-electron chi connectivity index (χ3n) is 4.09. The Bertz CT molecular complexity index is 423. The zero-order valence-electron chi connectivity index (χ0n) is 13.3. The summed E-state index contributed by atoms with van der Waals surface area (Å²) in [7, 11) is 0. The fourth-order valence-corrected chi connectivity index (χ4v) is 2.26. The number of hydrogen-bond acceptors (Lipinski definition) is 1. The molecular weight excluding hydrogens is 256 g/mol. The van der Waals surface area contributed by atoms with Crippen LogP contribution in [0.25, 0.3) is 0 Å². The van der Waals surface area contributed by atoms with Crippen LogP contribution in [-0.2, 0) is 6.42 Å². The summed E-state index contributed by atoms with van der Waals surface area (Å²) in [6.45, 7) is 11.8. The highest BCUT2D eigenvalue weighted by molar-refractivity contribution is 5.19. The molecule has 0 aliphatic rings. The molecule has 20 heavy (non-hydrogen) atoms. The minimum absolute atomic E-state index is 0.217. The first-order chi connectivity index (χ1) is 9.24. The largest absolute Gasteiger partial charge is 0.314 e. The Morgan fingerprint density at radius 2 is 1.85 bits per heavy atom. The van der Waals surface area contributed by atoms with Gasteiger partial charge in [0.1, 0.15) is 11.6 Å². The molecular formula is C17H27F2N. The Labute approximate surface area is 121 Å². The first-order valence-electron chi connectivity index (χ1n) is 7.41. The Morgan fingerprint density at radius 1 is 1.20 bits per heavy atom. The van der Waals surface area contributed by atoms with E-state index in [0.29, 0.717) is 17.9 Å². The molecule has 1 nitrogen and oxygen atoms in total. The number of likely N-dealkylation sites (N-methyl/N-ethyl adjacent to an activating group) is 1. The van der Waals surface area contributed by atoms with Gasteiger partial charge >= 0.3 is 0 Å². The summed E-state index contributed by atoms with van der Waals surface area (Å²) in [5.74, 6) is -0.444. The van der Waals surface area contributed by atoms with Crippen molar-refractivity contribution in [3.05, 3.63) is 35.4 Å². The van der Waals surface area contributed by atoms with Gasteiger partial charge in [0.2, 0.25) is 0 Å². The molecule has 0 saturated carbocycles. The van der Waals surface area contributed by atoms with Gasteiger partial charge in [-0.15, -0.1) is 0 Å². The molecule has 0 heterocycles. The van der Waals surface area contributed by atoms with Crippen molar-refractivity contribution in [3.8, 4) is 0 Å². The van der Waals surface area contributed by atoms with E-state index in [1.807, 2.05) is 0 Å². The lowest BCUT2D eigenvalue weighted by molar-refractivity contribution is 0.222. The molecule has 0 amide bonds. The zero-order chi connectivity index (χ0) is 15.3. The monoisotopic (exact) mass is 283 g/mol. The van der Waals surface area contributed by atoms with E-state index in [2.05, 4.69) is 39.9 Å². The van der Waals surface area contributed by atoms with Crippen molar-refractivity contribution in [2.75, 3.05) is 6.54 Å². The third kappa shape index (κ3) is 5.20. The molecule has 0 fully saturated rings. The normalized spacial score (nSPS) is 15.2. The predicted octanol–water partition coefficient (Wildman–Crippen LogP) is 4.56. The van der Waals surface area contributed by atoms with Crippen LogP contribution in [0.5, 0.6) is 0 Å². The summed E-state index contributed by atoms with van der Waals surface area (Å²) in [6.07, 6.45) is 1.58. The second kappa shape index (κ2) is 7.16. The molecule has 1 N–H and O–H groups in total. The smallest absolute Gasteiger partial charge is 0.129 e. The van der Waals surface area contributed by atoms with Gasteiger partial charge in [0.15, 0.2) is 0 Å². The number of nitrogens with one attached hydrogen (secondary N) is 1. The average Bonchev–Trinajstić information content (AvgIpc) is 2.31. The van der Waals surface area contributed by atoms with Crippen molar-refractivity contribution in [1.82, 2.24) is 5.32 Å². The molecule has 0 aromatic heterocycles. The van der Waals surface area contributed by atoms with E-state index >= 15 is 0 Å². The van der Waals surface area contributed by atoms with Gasteiger partial charge < -0.3 is 5.32 Å². The lowest BCUT2D eigenvalue weighted by Crippen LogP contribution is -2.35. The molecule has 0 saturated heterocycles. The summed E-state index contributed by atoms with van der Waals surface area (Å²) < 4.78 is 26.7. The van der Waals surface area contributed by atoms with Crippen molar-refractivity contribution in [2.24, 2.45) is 11.3 Å². The van der Waals surface area contributed by atoms with Gasteiger partial charge in [0.05, 0.1) is 0 Å². The minimum Gasteiger partial charge on any atom is -0.314 e. The molecule has 2 atom stereocenters. The number of halogens is 2. The summed E-state index contributed by atoms with van der Waals surface area (Å²) in [4.78, 5) is 0.